The van der Waals surface area contributed by atoms with Gasteiger partial charge in [-0.25, -0.2) is 0 Å². The topological polar surface area (TPSA) is 29.5 Å². The van der Waals surface area contributed by atoms with Gasteiger partial charge in [0, 0.05) is 25.8 Å². The van der Waals surface area contributed by atoms with Gasteiger partial charge in [0.05, 0.1) is 12.1 Å². The maximum atomic E-state index is 12.4. The molecule has 0 saturated carbocycles. The molecule has 3 heteroatoms. The molecule has 1 aliphatic heterocycles. The number of aryl methyl sites for hydroxylation is 1. The molecule has 1 aromatic carbocycles. The summed E-state index contributed by atoms with van der Waals surface area (Å²) in [5, 5.41) is 0. The summed E-state index contributed by atoms with van der Waals surface area (Å²) in [6, 6.07) is 7.81. The fourth-order valence-electron chi connectivity index (χ4n) is 2.62. The van der Waals surface area contributed by atoms with Crippen molar-refractivity contribution < 1.29 is 9.53 Å². The van der Waals surface area contributed by atoms with Gasteiger partial charge in [-0.3, -0.25) is 9.69 Å². The Balaban J connectivity index is 1.98. The summed E-state index contributed by atoms with van der Waals surface area (Å²) in [6.07, 6.45) is 2.39. The summed E-state index contributed by atoms with van der Waals surface area (Å²) in [5.41, 5.74) is 2.00. The van der Waals surface area contributed by atoms with Crippen molar-refractivity contribution in [2.45, 2.75) is 38.8 Å². The Labute approximate surface area is 115 Å². The first-order valence-electron chi connectivity index (χ1n) is 6.99. The summed E-state index contributed by atoms with van der Waals surface area (Å²) in [4.78, 5) is 14.7. The Hall–Kier alpha value is -1.19. The number of carbonyl (C=O) groups is 1. The number of methoxy groups -OCH3 is 1. The van der Waals surface area contributed by atoms with Crippen molar-refractivity contribution >= 4 is 5.78 Å². The molecular formula is C16H23NO2. The lowest BCUT2D eigenvalue weighted by Crippen LogP contribution is -2.45. The van der Waals surface area contributed by atoms with Crippen LogP contribution in [0.3, 0.4) is 0 Å². The number of rotatable bonds is 4. The van der Waals surface area contributed by atoms with Crippen LogP contribution in [0.15, 0.2) is 24.3 Å². The standard InChI is InChI=1S/C16H23NO2/c1-12-4-6-14(7-5-12)16(18)13(2)17-10-8-15(19-3)9-11-17/h4-7,13,15H,8-11H2,1-3H3. The lowest BCUT2D eigenvalue weighted by molar-refractivity contribution is 0.0289. The molecule has 0 amide bonds. The molecule has 0 bridgehead atoms. The zero-order valence-corrected chi connectivity index (χ0v) is 12.1. The van der Waals surface area contributed by atoms with Crippen LogP contribution in [-0.2, 0) is 4.74 Å². The Morgan fingerprint density at radius 2 is 1.84 bits per heavy atom. The molecule has 1 unspecified atom stereocenters. The number of carbonyl (C=O) groups excluding carboxylic acids is 1. The quantitative estimate of drug-likeness (QED) is 0.780. The second-order valence-corrected chi connectivity index (χ2v) is 5.38. The lowest BCUT2D eigenvalue weighted by Gasteiger charge is -2.34. The minimum Gasteiger partial charge on any atom is -0.381 e. The highest BCUT2D eigenvalue weighted by atomic mass is 16.5. The van der Waals surface area contributed by atoms with Crippen LogP contribution in [0.4, 0.5) is 0 Å². The Morgan fingerprint density at radius 3 is 2.37 bits per heavy atom. The molecule has 0 N–H and O–H groups in total. The highest BCUT2D eigenvalue weighted by molar-refractivity contribution is 5.99. The second kappa shape index (κ2) is 6.31. The van der Waals surface area contributed by atoms with E-state index in [9.17, 15) is 4.79 Å². The number of hydrogen-bond acceptors (Lipinski definition) is 3. The monoisotopic (exact) mass is 261 g/mol. The van der Waals surface area contributed by atoms with Crippen LogP contribution in [0.5, 0.6) is 0 Å². The van der Waals surface area contributed by atoms with Gasteiger partial charge in [-0.1, -0.05) is 29.8 Å². The number of benzene rings is 1. The molecule has 0 aliphatic carbocycles. The second-order valence-electron chi connectivity index (χ2n) is 5.38. The van der Waals surface area contributed by atoms with Crippen molar-refractivity contribution in [1.29, 1.82) is 0 Å². The first kappa shape index (κ1) is 14.2. The first-order chi connectivity index (χ1) is 9.11. The zero-order chi connectivity index (χ0) is 13.8. The molecule has 104 valence electrons. The molecule has 1 heterocycles. The smallest absolute Gasteiger partial charge is 0.179 e. The van der Waals surface area contributed by atoms with Gasteiger partial charge in [0.1, 0.15) is 0 Å². The van der Waals surface area contributed by atoms with Gasteiger partial charge in [-0.15, -0.1) is 0 Å². The Kier molecular flexibility index (Phi) is 4.72. The third-order valence-corrected chi connectivity index (χ3v) is 4.07. The van der Waals surface area contributed by atoms with Crippen LogP contribution < -0.4 is 0 Å². The van der Waals surface area contributed by atoms with E-state index in [-0.39, 0.29) is 11.8 Å². The molecule has 1 aromatic rings. The van der Waals surface area contributed by atoms with Crippen molar-refractivity contribution in [2.24, 2.45) is 0 Å². The normalized spacial score (nSPS) is 19.3. The number of hydrogen-bond donors (Lipinski definition) is 0. The molecule has 0 aromatic heterocycles. The predicted molar refractivity (Wildman–Crippen MR) is 76.6 cm³/mol. The molecule has 1 aliphatic rings. The minimum atomic E-state index is -0.0412. The van der Waals surface area contributed by atoms with Gasteiger partial charge in [0.25, 0.3) is 0 Å². The molecule has 0 spiro atoms. The Bertz CT molecular complexity index is 419. The van der Waals surface area contributed by atoms with Crippen molar-refractivity contribution in [1.82, 2.24) is 4.90 Å². The molecule has 1 atom stereocenters. The molecule has 0 radical (unpaired) electrons. The van der Waals surface area contributed by atoms with Crippen LogP contribution >= 0.6 is 0 Å². The fraction of sp³-hybridized carbons (Fsp3) is 0.562. The summed E-state index contributed by atoms with van der Waals surface area (Å²) in [6.45, 7) is 5.93. The first-order valence-corrected chi connectivity index (χ1v) is 6.99. The molecular weight excluding hydrogens is 238 g/mol. The van der Waals surface area contributed by atoms with E-state index in [2.05, 4.69) is 4.90 Å². The molecule has 3 nitrogen and oxygen atoms in total. The van der Waals surface area contributed by atoms with Crippen molar-refractivity contribution in [3.8, 4) is 0 Å². The Morgan fingerprint density at radius 1 is 1.26 bits per heavy atom. The third kappa shape index (κ3) is 3.43. The largest absolute Gasteiger partial charge is 0.381 e. The average Bonchev–Trinajstić information content (AvgIpc) is 2.46. The van der Waals surface area contributed by atoms with Crippen LogP contribution in [0, 0.1) is 6.92 Å². The van der Waals surface area contributed by atoms with E-state index < -0.39 is 0 Å². The lowest BCUT2D eigenvalue weighted by atomic mass is 10.00. The van der Waals surface area contributed by atoms with E-state index in [1.807, 2.05) is 38.1 Å². The number of likely N-dealkylation sites (tertiary alicyclic amines) is 1. The maximum Gasteiger partial charge on any atom is 0.179 e. The van der Waals surface area contributed by atoms with E-state index in [0.717, 1.165) is 31.5 Å². The minimum absolute atomic E-state index is 0.0412. The number of piperidine rings is 1. The van der Waals surface area contributed by atoms with E-state index >= 15 is 0 Å². The van der Waals surface area contributed by atoms with Crippen molar-refractivity contribution in [3.05, 3.63) is 35.4 Å². The van der Waals surface area contributed by atoms with Crippen LogP contribution in [-0.4, -0.2) is 43.0 Å². The molecule has 19 heavy (non-hydrogen) atoms. The number of ketones is 1. The highest BCUT2D eigenvalue weighted by Crippen LogP contribution is 2.18. The summed E-state index contributed by atoms with van der Waals surface area (Å²) in [7, 11) is 1.77. The van der Waals surface area contributed by atoms with Gasteiger partial charge in [0.2, 0.25) is 0 Å². The van der Waals surface area contributed by atoms with E-state index in [1.54, 1.807) is 7.11 Å². The van der Waals surface area contributed by atoms with E-state index in [1.165, 1.54) is 5.56 Å². The molecule has 1 saturated heterocycles. The van der Waals surface area contributed by atoms with Gasteiger partial charge in [-0.2, -0.15) is 0 Å². The van der Waals surface area contributed by atoms with Crippen molar-refractivity contribution in [2.75, 3.05) is 20.2 Å². The van der Waals surface area contributed by atoms with Crippen molar-refractivity contribution in [3.63, 3.8) is 0 Å². The SMILES string of the molecule is COC1CCN(C(C)C(=O)c2ccc(C)cc2)CC1. The predicted octanol–water partition coefficient (Wildman–Crippen LogP) is 2.68. The van der Waals surface area contributed by atoms with Gasteiger partial charge in [-0.05, 0) is 26.7 Å². The van der Waals surface area contributed by atoms with Crippen LogP contribution in [0.2, 0.25) is 0 Å². The summed E-state index contributed by atoms with van der Waals surface area (Å²) in [5.74, 6) is 0.218. The van der Waals surface area contributed by atoms with Gasteiger partial charge >= 0.3 is 0 Å². The summed E-state index contributed by atoms with van der Waals surface area (Å²) < 4.78 is 5.37. The highest BCUT2D eigenvalue weighted by Gasteiger charge is 2.26. The van der Waals surface area contributed by atoms with Gasteiger partial charge < -0.3 is 4.74 Å². The molecule has 2 rings (SSSR count). The third-order valence-electron chi connectivity index (χ3n) is 4.07. The van der Waals surface area contributed by atoms with Crippen LogP contribution in [0.25, 0.3) is 0 Å². The fourth-order valence-corrected chi connectivity index (χ4v) is 2.62. The van der Waals surface area contributed by atoms with E-state index in [0.29, 0.717) is 6.10 Å². The number of Topliss-reactive ketones (excluding diaryl/α,β-unsaturated/α-hetero) is 1. The van der Waals surface area contributed by atoms with E-state index in [4.69, 9.17) is 4.74 Å². The average molecular weight is 261 g/mol. The maximum absolute atomic E-state index is 12.4. The number of nitrogens with zero attached hydrogens (tertiary/aromatic N) is 1. The zero-order valence-electron chi connectivity index (χ0n) is 12.1. The summed E-state index contributed by atoms with van der Waals surface area (Å²) >= 11 is 0. The molecule has 1 fully saturated rings. The van der Waals surface area contributed by atoms with Crippen LogP contribution in [0.1, 0.15) is 35.7 Å². The van der Waals surface area contributed by atoms with Gasteiger partial charge in [0.15, 0.2) is 5.78 Å². The number of ether oxygens (including phenoxy) is 1.